The second kappa shape index (κ2) is 6.70. The minimum atomic E-state index is -1.12. The summed E-state index contributed by atoms with van der Waals surface area (Å²) < 4.78 is 11.4. The Labute approximate surface area is 172 Å². The zero-order valence-electron chi connectivity index (χ0n) is 17.7. The molecule has 0 unspecified atom stereocenters. The van der Waals surface area contributed by atoms with E-state index in [0.29, 0.717) is 25.0 Å². The molecule has 0 aliphatic carbocycles. The van der Waals surface area contributed by atoms with Crippen LogP contribution in [0.25, 0.3) is 0 Å². The highest BCUT2D eigenvalue weighted by Crippen LogP contribution is 2.31. The zero-order valence-corrected chi connectivity index (χ0v) is 17.7. The lowest BCUT2D eigenvalue weighted by Crippen LogP contribution is -2.23. The van der Waals surface area contributed by atoms with Crippen molar-refractivity contribution in [3.63, 3.8) is 0 Å². The monoisotopic (exact) mass is 392 g/mol. The van der Waals surface area contributed by atoms with Crippen molar-refractivity contribution < 1.29 is 14.6 Å². The Bertz CT molecular complexity index is 889. The summed E-state index contributed by atoms with van der Waals surface area (Å²) in [5.41, 5.74) is 1.96. The highest BCUT2D eigenvalue weighted by molar-refractivity contribution is 5.96. The fraction of sp³-hybridized carbons (Fsp3) is 0.417. The molecule has 5 heteroatoms. The minimum Gasteiger partial charge on any atom is -0.475 e. The van der Waals surface area contributed by atoms with Gasteiger partial charge in [0.2, 0.25) is 11.8 Å². The predicted octanol–water partition coefficient (Wildman–Crippen LogP) is 4.05. The van der Waals surface area contributed by atoms with Gasteiger partial charge < -0.3 is 14.6 Å². The van der Waals surface area contributed by atoms with E-state index in [1.807, 2.05) is 76.2 Å². The number of aliphatic hydroxyl groups is 1. The molecule has 2 aromatic rings. The van der Waals surface area contributed by atoms with Gasteiger partial charge in [0.15, 0.2) is 0 Å². The summed E-state index contributed by atoms with van der Waals surface area (Å²) in [6.07, 6.45) is 0. The topological polar surface area (TPSA) is 63.4 Å². The van der Waals surface area contributed by atoms with Crippen LogP contribution in [-0.2, 0) is 15.1 Å². The molecule has 0 saturated heterocycles. The van der Waals surface area contributed by atoms with Crippen LogP contribution in [0.15, 0.2) is 58.5 Å². The van der Waals surface area contributed by atoms with Gasteiger partial charge in [0.1, 0.15) is 18.8 Å². The normalized spacial score (nSPS) is 19.9. The minimum absolute atomic E-state index is 0.191. The molecule has 152 valence electrons. The van der Waals surface area contributed by atoms with E-state index in [4.69, 9.17) is 9.47 Å². The van der Waals surface area contributed by atoms with E-state index < -0.39 is 5.60 Å². The van der Waals surface area contributed by atoms with E-state index in [1.54, 1.807) is 6.92 Å². The first-order valence-electron chi connectivity index (χ1n) is 9.95. The van der Waals surface area contributed by atoms with Crippen molar-refractivity contribution in [2.24, 2.45) is 9.98 Å². The Balaban J connectivity index is 1.55. The van der Waals surface area contributed by atoms with E-state index in [1.165, 1.54) is 0 Å². The van der Waals surface area contributed by atoms with E-state index in [2.05, 4.69) is 9.98 Å². The first-order chi connectivity index (χ1) is 13.6. The van der Waals surface area contributed by atoms with Gasteiger partial charge in [0, 0.05) is 11.1 Å². The molecule has 5 nitrogen and oxygen atoms in total. The average molecular weight is 392 g/mol. The molecule has 2 aliphatic heterocycles. The van der Waals surface area contributed by atoms with Crippen LogP contribution in [0.1, 0.15) is 56.9 Å². The number of rotatable bonds is 4. The van der Waals surface area contributed by atoms with Crippen molar-refractivity contribution >= 4 is 11.8 Å². The smallest absolute Gasteiger partial charge is 0.216 e. The van der Waals surface area contributed by atoms with Crippen LogP contribution in [-0.4, -0.2) is 41.2 Å². The number of hydrogen-bond donors (Lipinski definition) is 1. The molecule has 2 aromatic carbocycles. The number of ether oxygens (including phenoxy) is 2. The second-order valence-corrected chi connectivity index (χ2v) is 9.26. The molecular formula is C24H28N2O3. The van der Waals surface area contributed by atoms with Crippen LogP contribution in [0.5, 0.6) is 0 Å². The molecule has 2 heterocycles. The summed E-state index contributed by atoms with van der Waals surface area (Å²) in [6.45, 7) is 11.2. The van der Waals surface area contributed by atoms with Crippen LogP contribution in [0.4, 0.5) is 0 Å². The lowest BCUT2D eigenvalue weighted by molar-refractivity contribution is 0.102. The predicted molar refractivity (Wildman–Crippen MR) is 115 cm³/mol. The van der Waals surface area contributed by atoms with Gasteiger partial charge in [0.05, 0.1) is 11.1 Å². The van der Waals surface area contributed by atoms with Crippen LogP contribution in [0.2, 0.25) is 0 Å². The van der Waals surface area contributed by atoms with Crippen molar-refractivity contribution in [2.75, 3.05) is 13.2 Å². The number of benzene rings is 2. The number of aliphatic imine (C=N–C) groups is 2. The van der Waals surface area contributed by atoms with Crippen molar-refractivity contribution in [1.29, 1.82) is 0 Å². The number of hydrogen-bond acceptors (Lipinski definition) is 5. The maximum Gasteiger partial charge on any atom is 0.216 e. The molecule has 0 bridgehead atoms. The van der Waals surface area contributed by atoms with Gasteiger partial charge in [-0.1, -0.05) is 24.3 Å². The molecule has 0 atom stereocenters. The second-order valence-electron chi connectivity index (χ2n) is 9.26. The fourth-order valence-electron chi connectivity index (χ4n) is 3.51. The van der Waals surface area contributed by atoms with E-state index in [9.17, 15) is 5.11 Å². The summed E-state index contributed by atoms with van der Waals surface area (Å²) in [5, 5.41) is 11.2. The Kier molecular flexibility index (Phi) is 4.54. The first kappa shape index (κ1) is 19.6. The largest absolute Gasteiger partial charge is 0.475 e. The molecule has 0 aromatic heterocycles. The van der Waals surface area contributed by atoms with Gasteiger partial charge in [0.25, 0.3) is 0 Å². The average Bonchev–Trinajstić information content (AvgIpc) is 3.23. The Morgan fingerprint density at radius 2 is 1.07 bits per heavy atom. The molecule has 1 N–H and O–H groups in total. The fourth-order valence-corrected chi connectivity index (χ4v) is 3.51. The number of nitrogens with zero attached hydrogens (tertiary/aromatic N) is 2. The summed E-state index contributed by atoms with van der Waals surface area (Å²) in [4.78, 5) is 9.21. The van der Waals surface area contributed by atoms with Gasteiger partial charge in [-0.3, -0.25) is 0 Å². The molecule has 0 saturated carbocycles. The molecular weight excluding hydrogens is 364 g/mol. The van der Waals surface area contributed by atoms with Gasteiger partial charge in [-0.2, -0.15) is 0 Å². The van der Waals surface area contributed by atoms with Crippen LogP contribution in [0.3, 0.4) is 0 Å². The molecule has 0 radical (unpaired) electrons. The summed E-state index contributed by atoms with van der Waals surface area (Å²) in [6, 6.07) is 15.5. The summed E-state index contributed by atoms with van der Waals surface area (Å²) in [7, 11) is 0. The van der Waals surface area contributed by atoms with Crippen LogP contribution >= 0.6 is 0 Å². The molecule has 0 amide bonds. The third-order valence-electron chi connectivity index (χ3n) is 5.32. The molecule has 0 spiro atoms. The molecule has 4 rings (SSSR count). The molecule has 2 aliphatic rings. The summed E-state index contributed by atoms with van der Waals surface area (Å²) >= 11 is 0. The van der Waals surface area contributed by atoms with Crippen molar-refractivity contribution in [3.8, 4) is 0 Å². The highest BCUT2D eigenvalue weighted by Gasteiger charge is 2.30. The first-order valence-corrected chi connectivity index (χ1v) is 9.95. The van der Waals surface area contributed by atoms with E-state index >= 15 is 0 Å². The Morgan fingerprint density at radius 1 is 0.724 bits per heavy atom. The van der Waals surface area contributed by atoms with Crippen molar-refractivity contribution in [3.05, 3.63) is 70.8 Å². The zero-order chi connectivity index (χ0) is 20.9. The quantitative estimate of drug-likeness (QED) is 0.854. The summed E-state index contributed by atoms with van der Waals surface area (Å²) in [5.74, 6) is 1.32. The van der Waals surface area contributed by atoms with Crippen LogP contribution < -0.4 is 0 Å². The van der Waals surface area contributed by atoms with Gasteiger partial charge in [-0.05, 0) is 70.0 Å². The van der Waals surface area contributed by atoms with E-state index in [-0.39, 0.29) is 11.1 Å². The van der Waals surface area contributed by atoms with Crippen LogP contribution in [0, 0.1) is 0 Å². The third-order valence-corrected chi connectivity index (χ3v) is 5.32. The van der Waals surface area contributed by atoms with Gasteiger partial charge >= 0.3 is 0 Å². The maximum absolute atomic E-state index is 11.2. The Hall–Kier alpha value is -2.66. The van der Waals surface area contributed by atoms with Crippen molar-refractivity contribution in [1.82, 2.24) is 0 Å². The lowest BCUT2D eigenvalue weighted by Gasteiger charge is -2.25. The van der Waals surface area contributed by atoms with E-state index in [0.717, 1.165) is 22.3 Å². The standard InChI is InChI=1S/C24H28N2O3/c1-22(2)14-28-20(25-22)16-6-10-18(11-7-16)24(5,27)19-12-8-17(9-13-19)21-26-23(3,4)15-29-21/h6-13,27H,14-15H2,1-5H3. The SMILES string of the molecule is CC1(C)COC(c2ccc(C(C)(O)c3ccc(C4=NC(C)(C)CO4)cc3)cc2)=N1. The molecule has 29 heavy (non-hydrogen) atoms. The molecule has 0 fully saturated rings. The van der Waals surface area contributed by atoms with Gasteiger partial charge in [-0.15, -0.1) is 0 Å². The Morgan fingerprint density at radius 3 is 1.34 bits per heavy atom. The van der Waals surface area contributed by atoms with Gasteiger partial charge in [-0.25, -0.2) is 9.98 Å². The third kappa shape index (κ3) is 3.92. The maximum atomic E-state index is 11.2. The highest BCUT2D eigenvalue weighted by atomic mass is 16.5. The van der Waals surface area contributed by atoms with Crippen molar-refractivity contribution in [2.45, 2.75) is 51.3 Å². The lowest BCUT2D eigenvalue weighted by atomic mass is 9.87.